The molecule has 2 rings (SSSR count). The molecule has 1 heterocycles. The minimum atomic E-state index is 0.707. The first-order valence-electron chi connectivity index (χ1n) is 5.28. The van der Waals surface area contributed by atoms with Crippen molar-refractivity contribution >= 4 is 33.9 Å². The van der Waals surface area contributed by atoms with Gasteiger partial charge in [-0.1, -0.05) is 24.7 Å². The Bertz CT molecular complexity index is 292. The third-order valence-electron chi connectivity index (χ3n) is 3.19. The largest absolute Gasteiger partial charge is 0.178 e. The van der Waals surface area contributed by atoms with E-state index in [0.29, 0.717) is 5.92 Å². The Morgan fingerprint density at radius 3 is 2.50 bits per heavy atom. The van der Waals surface area contributed by atoms with Crippen LogP contribution in [0.5, 0.6) is 0 Å². The fourth-order valence-corrected chi connectivity index (χ4v) is 3.72. The summed E-state index contributed by atoms with van der Waals surface area (Å²) in [6.07, 6.45) is 6.77. The van der Waals surface area contributed by atoms with Gasteiger partial charge in [0.1, 0.15) is 5.01 Å². The number of aromatic nitrogens is 2. The van der Waals surface area contributed by atoms with Gasteiger partial charge in [-0.25, -0.2) is 0 Å². The summed E-state index contributed by atoms with van der Waals surface area (Å²) in [5, 5.41) is 9.61. The smallest absolute Gasteiger partial charge is 0.142 e. The van der Waals surface area contributed by atoms with Crippen LogP contribution in [-0.2, 0) is 0 Å². The van der Waals surface area contributed by atoms with E-state index < -0.39 is 0 Å². The lowest BCUT2D eigenvalue weighted by Crippen LogP contribution is -2.12. The van der Waals surface area contributed by atoms with Gasteiger partial charge >= 0.3 is 0 Å². The van der Waals surface area contributed by atoms with Crippen LogP contribution in [0.3, 0.4) is 0 Å². The molecule has 1 aliphatic rings. The van der Waals surface area contributed by atoms with Crippen molar-refractivity contribution in [3.63, 3.8) is 0 Å². The summed E-state index contributed by atoms with van der Waals surface area (Å²) in [6, 6.07) is 0. The fraction of sp³-hybridized carbons (Fsp3) is 0.800. The van der Waals surface area contributed by atoms with Gasteiger partial charge in [0, 0.05) is 5.92 Å². The van der Waals surface area contributed by atoms with Crippen LogP contribution in [0.4, 0.5) is 0 Å². The molecule has 0 radical (unpaired) electrons. The number of hydrogen-bond donors (Lipinski definition) is 0. The topological polar surface area (TPSA) is 25.8 Å². The van der Waals surface area contributed by atoms with Gasteiger partial charge in [0.05, 0.1) is 0 Å². The lowest BCUT2D eigenvalue weighted by Gasteiger charge is -2.25. The summed E-state index contributed by atoms with van der Waals surface area (Å²) >= 11 is 4.02. The molecule has 1 aromatic rings. The summed E-state index contributed by atoms with van der Waals surface area (Å²) in [7, 11) is 0. The molecule has 0 N–H and O–H groups in total. The summed E-state index contributed by atoms with van der Waals surface area (Å²) in [4.78, 5) is 0. The zero-order valence-electron chi connectivity index (χ0n) is 8.37. The van der Waals surface area contributed by atoms with E-state index in [-0.39, 0.29) is 0 Å². The van der Waals surface area contributed by atoms with E-state index in [1.165, 1.54) is 37.1 Å². The molecule has 0 atom stereocenters. The van der Waals surface area contributed by atoms with E-state index in [1.807, 2.05) is 0 Å². The van der Waals surface area contributed by atoms with Crippen molar-refractivity contribution in [1.29, 1.82) is 0 Å². The number of nitrogens with zero attached hydrogens (tertiary/aromatic N) is 2. The highest BCUT2D eigenvalue weighted by Crippen LogP contribution is 2.37. The van der Waals surface area contributed by atoms with Crippen LogP contribution in [0.2, 0.25) is 0 Å². The SMILES string of the molecule is CCC1CCC(c2nnc(I)s2)CC1. The maximum absolute atomic E-state index is 4.25. The van der Waals surface area contributed by atoms with Gasteiger partial charge in [0.15, 0.2) is 3.01 Å². The maximum atomic E-state index is 4.25. The van der Waals surface area contributed by atoms with Gasteiger partial charge in [0.2, 0.25) is 0 Å². The van der Waals surface area contributed by atoms with Crippen molar-refractivity contribution < 1.29 is 0 Å². The minimum Gasteiger partial charge on any atom is -0.142 e. The first-order valence-corrected chi connectivity index (χ1v) is 7.18. The van der Waals surface area contributed by atoms with Crippen LogP contribution in [0.25, 0.3) is 0 Å². The van der Waals surface area contributed by atoms with E-state index in [9.17, 15) is 0 Å². The third kappa shape index (κ3) is 2.45. The first-order chi connectivity index (χ1) is 6.79. The first kappa shape index (κ1) is 10.8. The van der Waals surface area contributed by atoms with Crippen LogP contribution in [-0.4, -0.2) is 10.2 Å². The second-order valence-electron chi connectivity index (χ2n) is 4.02. The van der Waals surface area contributed by atoms with Crippen LogP contribution in [0.15, 0.2) is 0 Å². The van der Waals surface area contributed by atoms with Crippen LogP contribution in [0.1, 0.15) is 50.0 Å². The minimum absolute atomic E-state index is 0.707. The van der Waals surface area contributed by atoms with Gasteiger partial charge in [-0.15, -0.1) is 10.2 Å². The van der Waals surface area contributed by atoms with Crippen molar-refractivity contribution in [3.8, 4) is 0 Å². The molecule has 0 bridgehead atoms. The second-order valence-corrected chi connectivity index (χ2v) is 6.78. The molecular formula is C10H15IN2S. The number of rotatable bonds is 2. The third-order valence-corrected chi connectivity index (χ3v) is 4.94. The highest BCUT2D eigenvalue weighted by molar-refractivity contribution is 14.1. The Balaban J connectivity index is 1.95. The summed E-state index contributed by atoms with van der Waals surface area (Å²) in [5.74, 6) is 1.68. The Kier molecular flexibility index (Phi) is 3.76. The summed E-state index contributed by atoms with van der Waals surface area (Å²) < 4.78 is 1.08. The predicted octanol–water partition coefficient (Wildman–Crippen LogP) is 3.83. The molecule has 4 heteroatoms. The quantitative estimate of drug-likeness (QED) is 0.774. The average molecular weight is 322 g/mol. The Hall–Kier alpha value is 0.290. The molecule has 0 spiro atoms. The highest BCUT2D eigenvalue weighted by atomic mass is 127. The molecule has 0 amide bonds. The Labute approximate surface area is 103 Å². The van der Waals surface area contributed by atoms with E-state index in [1.54, 1.807) is 11.3 Å². The lowest BCUT2D eigenvalue weighted by atomic mass is 9.81. The molecule has 1 aromatic heterocycles. The van der Waals surface area contributed by atoms with Crippen molar-refractivity contribution in [1.82, 2.24) is 10.2 Å². The lowest BCUT2D eigenvalue weighted by molar-refractivity contribution is 0.317. The number of halogens is 1. The maximum Gasteiger partial charge on any atom is 0.178 e. The predicted molar refractivity (Wildman–Crippen MR) is 67.6 cm³/mol. The summed E-state index contributed by atoms with van der Waals surface area (Å²) in [6.45, 7) is 2.30. The fourth-order valence-electron chi connectivity index (χ4n) is 2.20. The molecular weight excluding hydrogens is 307 g/mol. The molecule has 0 aliphatic heterocycles. The van der Waals surface area contributed by atoms with Crippen molar-refractivity contribution in [3.05, 3.63) is 8.02 Å². The monoisotopic (exact) mass is 322 g/mol. The standard InChI is InChI=1S/C10H15IN2S/c1-2-7-3-5-8(6-4-7)9-12-13-10(11)14-9/h7-8H,2-6H2,1H3. The zero-order chi connectivity index (χ0) is 9.97. The zero-order valence-corrected chi connectivity index (χ0v) is 11.3. The molecule has 2 nitrogen and oxygen atoms in total. The number of hydrogen-bond acceptors (Lipinski definition) is 3. The van der Waals surface area contributed by atoms with Gasteiger partial charge in [0.25, 0.3) is 0 Å². The van der Waals surface area contributed by atoms with Gasteiger partial charge in [-0.2, -0.15) is 0 Å². The average Bonchev–Trinajstić information content (AvgIpc) is 2.65. The van der Waals surface area contributed by atoms with E-state index in [0.717, 1.165) is 8.93 Å². The molecule has 1 fully saturated rings. The van der Waals surface area contributed by atoms with Crippen molar-refractivity contribution in [2.24, 2.45) is 5.92 Å². The highest BCUT2D eigenvalue weighted by Gasteiger charge is 2.23. The summed E-state index contributed by atoms with van der Waals surface area (Å²) in [5.41, 5.74) is 0. The van der Waals surface area contributed by atoms with Gasteiger partial charge in [-0.3, -0.25) is 0 Å². The van der Waals surface area contributed by atoms with E-state index in [2.05, 4.69) is 39.7 Å². The van der Waals surface area contributed by atoms with Gasteiger partial charge < -0.3 is 0 Å². The molecule has 0 unspecified atom stereocenters. The molecule has 0 aromatic carbocycles. The van der Waals surface area contributed by atoms with E-state index in [4.69, 9.17) is 0 Å². The molecule has 78 valence electrons. The second kappa shape index (κ2) is 4.88. The van der Waals surface area contributed by atoms with Crippen LogP contribution >= 0.6 is 33.9 Å². The normalized spacial score (nSPS) is 27.9. The van der Waals surface area contributed by atoms with Gasteiger partial charge in [-0.05, 0) is 54.2 Å². The molecule has 1 aliphatic carbocycles. The van der Waals surface area contributed by atoms with Crippen LogP contribution in [0, 0.1) is 8.93 Å². The molecule has 14 heavy (non-hydrogen) atoms. The van der Waals surface area contributed by atoms with Crippen molar-refractivity contribution in [2.75, 3.05) is 0 Å². The van der Waals surface area contributed by atoms with E-state index >= 15 is 0 Å². The molecule has 0 saturated heterocycles. The molecule has 1 saturated carbocycles. The Morgan fingerprint density at radius 2 is 2.00 bits per heavy atom. The Morgan fingerprint density at radius 1 is 1.29 bits per heavy atom. The van der Waals surface area contributed by atoms with Crippen LogP contribution < -0.4 is 0 Å². The van der Waals surface area contributed by atoms with Crippen molar-refractivity contribution in [2.45, 2.75) is 44.9 Å².